The van der Waals surface area contributed by atoms with Crippen LogP contribution in [0.25, 0.3) is 17.1 Å². The van der Waals surface area contributed by atoms with Crippen molar-refractivity contribution in [2.24, 2.45) is 7.05 Å². The number of morpholine rings is 1. The van der Waals surface area contributed by atoms with Crippen LogP contribution in [0.1, 0.15) is 17.8 Å². The lowest BCUT2D eigenvalue weighted by atomic mass is 10.1. The number of allylic oxidation sites excluding steroid dienone is 2. The molecule has 272 valence electrons. The van der Waals surface area contributed by atoms with E-state index in [1.165, 1.54) is 5.56 Å². The second kappa shape index (κ2) is 16.8. The molecule has 12 nitrogen and oxygen atoms in total. The summed E-state index contributed by atoms with van der Waals surface area (Å²) in [5.74, 6) is 1.35. The molecule has 15 heteroatoms. The van der Waals surface area contributed by atoms with E-state index in [9.17, 15) is 17.2 Å². The lowest BCUT2D eigenvalue weighted by molar-refractivity contribution is -0.673. The molecule has 2 aliphatic rings. The van der Waals surface area contributed by atoms with Crippen molar-refractivity contribution in [1.82, 2.24) is 9.63 Å². The number of fused-ring (bicyclic) bond motifs is 2. The van der Waals surface area contributed by atoms with Crippen LogP contribution in [0.2, 0.25) is 5.02 Å². The molecule has 1 atom stereocenters. The molecular formula is C36H43ClN5O7S2+. The highest BCUT2D eigenvalue weighted by molar-refractivity contribution is 7.85. The van der Waals surface area contributed by atoms with Crippen molar-refractivity contribution < 1.29 is 35.5 Å². The maximum absolute atomic E-state index is 13.3. The molecule has 1 aromatic heterocycles. The predicted molar refractivity (Wildman–Crippen MR) is 199 cm³/mol. The zero-order valence-corrected chi connectivity index (χ0v) is 31.1. The van der Waals surface area contributed by atoms with Gasteiger partial charge in [-0.2, -0.15) is 17.8 Å². The number of rotatable bonds is 15. The predicted octanol–water partition coefficient (Wildman–Crippen LogP) is 4.75. The van der Waals surface area contributed by atoms with E-state index in [4.69, 9.17) is 25.4 Å². The summed E-state index contributed by atoms with van der Waals surface area (Å²) < 4.78 is 67.3. The highest BCUT2D eigenvalue weighted by Crippen LogP contribution is 2.43. The van der Waals surface area contributed by atoms with Crippen molar-refractivity contribution in [2.75, 3.05) is 68.7 Å². The van der Waals surface area contributed by atoms with E-state index < -0.39 is 27.0 Å². The van der Waals surface area contributed by atoms with Gasteiger partial charge in [0.05, 0.1) is 55.4 Å². The van der Waals surface area contributed by atoms with Gasteiger partial charge in [0.25, 0.3) is 15.9 Å². The minimum absolute atomic E-state index is 0.165. The molecule has 0 saturated carbocycles. The quantitative estimate of drug-likeness (QED) is 0.135. The van der Waals surface area contributed by atoms with Crippen LogP contribution < -0.4 is 14.4 Å². The van der Waals surface area contributed by atoms with Crippen molar-refractivity contribution >= 4 is 61.3 Å². The Morgan fingerprint density at radius 1 is 1.02 bits per heavy atom. The first kappa shape index (κ1) is 37.2. The van der Waals surface area contributed by atoms with Crippen LogP contribution in [-0.4, -0.2) is 85.7 Å². The van der Waals surface area contributed by atoms with E-state index >= 15 is 0 Å². The number of methoxy groups -OCH3 is 1. The van der Waals surface area contributed by atoms with Crippen molar-refractivity contribution in [2.45, 2.75) is 24.3 Å². The third kappa shape index (κ3) is 9.07. The number of imidazole rings is 1. The molecule has 3 aromatic carbocycles. The van der Waals surface area contributed by atoms with Crippen LogP contribution in [0.15, 0.2) is 89.6 Å². The molecule has 0 bridgehead atoms. The van der Waals surface area contributed by atoms with Crippen molar-refractivity contribution in [3.8, 4) is 0 Å². The topological polar surface area (TPSA) is 118 Å². The fraction of sp³-hybridized carbons (Fsp3) is 0.361. The van der Waals surface area contributed by atoms with Crippen molar-refractivity contribution in [1.29, 1.82) is 0 Å². The zero-order valence-electron chi connectivity index (χ0n) is 28.7. The minimum Gasteiger partial charge on any atom is -0.383 e. The largest absolute Gasteiger partial charge is 0.383 e. The summed E-state index contributed by atoms with van der Waals surface area (Å²) in [6.45, 7) is 3.98. The molecule has 0 radical (unpaired) electrons. The summed E-state index contributed by atoms with van der Waals surface area (Å²) in [7, 11) is -0.518. The Morgan fingerprint density at radius 3 is 2.53 bits per heavy atom. The number of ether oxygens (including phenoxy) is 2. The number of aromatic nitrogens is 2. The van der Waals surface area contributed by atoms with E-state index in [0.717, 1.165) is 47.0 Å². The van der Waals surface area contributed by atoms with Gasteiger partial charge in [-0.05, 0) is 48.4 Å². The van der Waals surface area contributed by atoms with Crippen LogP contribution in [0.4, 0.5) is 11.4 Å². The number of benzene rings is 3. The van der Waals surface area contributed by atoms with E-state index in [2.05, 4.69) is 32.2 Å². The lowest BCUT2D eigenvalue weighted by Crippen LogP contribution is -2.37. The first-order chi connectivity index (χ1) is 24.6. The first-order valence-electron chi connectivity index (χ1n) is 16.8. The molecule has 0 spiro atoms. The monoisotopic (exact) mass is 756 g/mol. The van der Waals surface area contributed by atoms with Gasteiger partial charge in [-0.1, -0.05) is 48.0 Å². The van der Waals surface area contributed by atoms with Gasteiger partial charge in [-0.25, -0.2) is 13.3 Å². The zero-order chi connectivity index (χ0) is 36.0. The Morgan fingerprint density at radius 2 is 1.78 bits per heavy atom. The maximum Gasteiger partial charge on any atom is 0.282 e. The molecule has 1 saturated heterocycles. The van der Waals surface area contributed by atoms with Gasteiger partial charge in [-0.3, -0.25) is 4.55 Å². The number of halogens is 1. The maximum atomic E-state index is 13.3. The van der Waals surface area contributed by atoms with Crippen molar-refractivity contribution in [3.63, 3.8) is 0 Å². The molecule has 0 amide bonds. The summed E-state index contributed by atoms with van der Waals surface area (Å²) in [6, 6.07) is 21.8. The van der Waals surface area contributed by atoms with Gasteiger partial charge in [-0.15, -0.1) is 0 Å². The standard InChI is InChI=1S/C36H42ClN5O7S2/c1-38-33-26-29(37)12-14-31(33)41(18-16-28-8-4-3-5-9-28)35(38)10-6-11-36-40(17-7-25-51(44,45)46)34-27-30(13-15-32(34)42(36)21-22-47-2)50(43)49-39-19-23-48-24-20-39/h3-6,8-15,26-27H,7,16-25H2,1-2H3/p+1. The summed E-state index contributed by atoms with van der Waals surface area (Å²) in [4.78, 5) is 4.55. The van der Waals surface area contributed by atoms with Gasteiger partial charge in [0, 0.05) is 56.9 Å². The summed E-state index contributed by atoms with van der Waals surface area (Å²) in [5, 5.41) is 2.30. The van der Waals surface area contributed by atoms with Crippen molar-refractivity contribution in [3.05, 3.63) is 101 Å². The Labute approximate surface area is 306 Å². The van der Waals surface area contributed by atoms with E-state index in [1.807, 2.05) is 72.6 Å². The molecule has 2 aliphatic heterocycles. The van der Waals surface area contributed by atoms with Gasteiger partial charge in [0.1, 0.15) is 5.82 Å². The molecule has 0 aliphatic carbocycles. The van der Waals surface area contributed by atoms with Gasteiger partial charge >= 0.3 is 0 Å². The van der Waals surface area contributed by atoms with Crippen LogP contribution in [0.3, 0.4) is 0 Å². The Kier molecular flexibility index (Phi) is 12.3. The number of anilines is 2. The third-order valence-corrected chi connectivity index (χ3v) is 10.9. The number of nitrogens with zero attached hydrogens (tertiary/aromatic N) is 5. The molecule has 51 heavy (non-hydrogen) atoms. The third-order valence-electron chi connectivity index (χ3n) is 8.89. The second-order valence-electron chi connectivity index (χ2n) is 12.3. The highest BCUT2D eigenvalue weighted by Gasteiger charge is 2.32. The van der Waals surface area contributed by atoms with Gasteiger partial charge in [0.2, 0.25) is 11.1 Å². The van der Waals surface area contributed by atoms with E-state index in [0.29, 0.717) is 49.4 Å². The van der Waals surface area contributed by atoms with E-state index in [1.54, 1.807) is 18.2 Å². The number of hydroxylamine groups is 2. The SMILES string of the molecule is COCCN1/C(=C\C=C\c2n(C)c3cc(Cl)ccc3[n+]2CCc2ccccc2)N(CCCS(=O)(=O)O)c2cc(S(=O)ON3CCOCC3)ccc21. The normalized spacial score (nSPS) is 16.9. The van der Waals surface area contributed by atoms with Crippen LogP contribution in [-0.2, 0) is 55.0 Å². The Balaban J connectivity index is 1.36. The summed E-state index contributed by atoms with van der Waals surface area (Å²) >= 11 is 4.64. The number of hydrogen-bond donors (Lipinski definition) is 1. The smallest absolute Gasteiger partial charge is 0.282 e. The van der Waals surface area contributed by atoms with Crippen LogP contribution >= 0.6 is 11.6 Å². The number of aryl methyl sites for hydroxylation is 3. The molecular weight excluding hydrogens is 714 g/mol. The average Bonchev–Trinajstić information content (AvgIpc) is 3.55. The molecule has 1 fully saturated rings. The minimum atomic E-state index is -4.17. The Bertz CT molecular complexity index is 2030. The van der Waals surface area contributed by atoms with Crippen LogP contribution in [0, 0.1) is 0 Å². The van der Waals surface area contributed by atoms with E-state index in [-0.39, 0.29) is 13.0 Å². The fourth-order valence-electron chi connectivity index (χ4n) is 6.41. The molecule has 1 N–H and O–H groups in total. The first-order valence-corrected chi connectivity index (χ1v) is 19.9. The number of hydrogen-bond acceptors (Lipinski definition) is 9. The molecule has 6 rings (SSSR count). The van der Waals surface area contributed by atoms with Gasteiger partial charge in [0.15, 0.2) is 11.0 Å². The highest BCUT2D eigenvalue weighted by atomic mass is 35.5. The molecule has 3 heterocycles. The fourth-order valence-corrected chi connectivity index (χ4v) is 7.88. The molecule has 4 aromatic rings. The summed E-state index contributed by atoms with van der Waals surface area (Å²) in [6.07, 6.45) is 7.02. The van der Waals surface area contributed by atoms with Crippen LogP contribution in [0.5, 0.6) is 0 Å². The molecule has 1 unspecified atom stereocenters. The lowest BCUT2D eigenvalue weighted by Gasteiger charge is -2.25. The average molecular weight is 757 g/mol. The van der Waals surface area contributed by atoms with Gasteiger partial charge < -0.3 is 19.3 Å². The Hall–Kier alpha value is -3.60. The summed E-state index contributed by atoms with van der Waals surface area (Å²) in [5.41, 5.74) is 4.90. The second-order valence-corrected chi connectivity index (χ2v) is 15.4.